The summed E-state index contributed by atoms with van der Waals surface area (Å²) in [7, 11) is -1.99. The molecular formula is C26H33N3O5S. The molecule has 0 aromatic heterocycles. The van der Waals surface area contributed by atoms with Crippen LogP contribution in [-0.4, -0.2) is 51.3 Å². The second-order valence-corrected chi connectivity index (χ2v) is 11.3. The Labute approximate surface area is 207 Å². The summed E-state index contributed by atoms with van der Waals surface area (Å²) in [5.41, 5.74) is 2.31. The number of hydrogen-bond donors (Lipinski definition) is 1. The molecule has 2 heterocycles. The molecule has 2 aromatic carbocycles. The average Bonchev–Trinajstić information content (AvgIpc) is 3.01. The van der Waals surface area contributed by atoms with Crippen LogP contribution in [0.5, 0.6) is 5.75 Å². The lowest BCUT2D eigenvalue weighted by atomic mass is 10.0. The molecule has 0 spiro atoms. The number of anilines is 1. The van der Waals surface area contributed by atoms with Crippen molar-refractivity contribution in [2.75, 3.05) is 31.6 Å². The lowest BCUT2D eigenvalue weighted by Crippen LogP contribution is -2.40. The van der Waals surface area contributed by atoms with Crippen molar-refractivity contribution in [3.63, 3.8) is 0 Å². The molecule has 8 nitrogen and oxygen atoms in total. The molecule has 0 unspecified atom stereocenters. The minimum absolute atomic E-state index is 0.113. The smallest absolute Gasteiger partial charge is 0.243 e. The molecule has 188 valence electrons. The van der Waals surface area contributed by atoms with Crippen molar-refractivity contribution in [2.45, 2.75) is 50.5 Å². The van der Waals surface area contributed by atoms with Crippen LogP contribution in [-0.2, 0) is 32.6 Å². The number of piperidine rings is 1. The van der Waals surface area contributed by atoms with Gasteiger partial charge in [0.05, 0.1) is 12.0 Å². The summed E-state index contributed by atoms with van der Waals surface area (Å²) in [6.45, 7) is 3.42. The van der Waals surface area contributed by atoms with Gasteiger partial charge in [-0.05, 0) is 73.1 Å². The van der Waals surface area contributed by atoms with E-state index in [0.717, 1.165) is 29.7 Å². The standard InChI is InChI=1S/C26H33N3O5S/c1-19-12-14-28(15-13-19)35(32,33)23-10-11-24-21(16-23)4-3-5-26(31)29(24)18-25(30)27-17-20-6-8-22(34-2)9-7-20/h6-11,16,19H,3-5,12-15,17-18H2,1-2H3,(H,27,30). The molecule has 2 aliphatic rings. The van der Waals surface area contributed by atoms with Gasteiger partial charge in [0.1, 0.15) is 12.3 Å². The first-order valence-electron chi connectivity index (χ1n) is 12.1. The van der Waals surface area contributed by atoms with Crippen LogP contribution in [0.15, 0.2) is 47.4 Å². The van der Waals surface area contributed by atoms with Crippen LogP contribution in [0.3, 0.4) is 0 Å². The Morgan fingerprint density at radius 3 is 2.49 bits per heavy atom. The van der Waals surface area contributed by atoms with E-state index in [1.54, 1.807) is 29.6 Å². The second-order valence-electron chi connectivity index (χ2n) is 9.34. The van der Waals surface area contributed by atoms with Gasteiger partial charge in [-0.15, -0.1) is 0 Å². The first kappa shape index (κ1) is 25.2. The minimum atomic E-state index is -3.59. The number of fused-ring (bicyclic) bond motifs is 1. The van der Waals surface area contributed by atoms with Crippen LogP contribution >= 0.6 is 0 Å². The van der Waals surface area contributed by atoms with Crippen LogP contribution in [0.4, 0.5) is 5.69 Å². The van der Waals surface area contributed by atoms with Crippen molar-refractivity contribution in [1.82, 2.24) is 9.62 Å². The van der Waals surface area contributed by atoms with Gasteiger partial charge in [0.25, 0.3) is 0 Å². The number of amides is 2. The Kier molecular flexibility index (Phi) is 7.76. The van der Waals surface area contributed by atoms with Crippen molar-refractivity contribution in [3.8, 4) is 5.75 Å². The highest BCUT2D eigenvalue weighted by atomic mass is 32.2. The fraction of sp³-hybridized carbons (Fsp3) is 0.462. The molecule has 1 N–H and O–H groups in total. The van der Waals surface area contributed by atoms with Gasteiger partial charge in [0.2, 0.25) is 21.8 Å². The first-order chi connectivity index (χ1) is 16.8. The summed E-state index contributed by atoms with van der Waals surface area (Å²) in [5, 5.41) is 2.86. The van der Waals surface area contributed by atoms with E-state index >= 15 is 0 Å². The summed E-state index contributed by atoms with van der Waals surface area (Å²) in [5.74, 6) is 0.858. The third-order valence-electron chi connectivity index (χ3n) is 6.81. The van der Waals surface area contributed by atoms with Gasteiger partial charge in [0, 0.05) is 31.7 Å². The lowest BCUT2D eigenvalue weighted by Gasteiger charge is -2.30. The number of methoxy groups -OCH3 is 1. The molecule has 9 heteroatoms. The molecule has 4 rings (SSSR count). The van der Waals surface area contributed by atoms with Gasteiger partial charge in [-0.25, -0.2) is 8.42 Å². The molecule has 2 aromatic rings. The predicted molar refractivity (Wildman–Crippen MR) is 134 cm³/mol. The quantitative estimate of drug-likeness (QED) is 0.632. The highest BCUT2D eigenvalue weighted by Gasteiger charge is 2.30. The van der Waals surface area contributed by atoms with Crippen molar-refractivity contribution < 1.29 is 22.7 Å². The molecule has 35 heavy (non-hydrogen) atoms. The molecule has 2 amide bonds. The molecule has 0 saturated carbocycles. The summed E-state index contributed by atoms with van der Waals surface area (Å²) >= 11 is 0. The number of hydrogen-bond acceptors (Lipinski definition) is 5. The van der Waals surface area contributed by atoms with Crippen LogP contribution < -0.4 is 15.0 Å². The second kappa shape index (κ2) is 10.8. The van der Waals surface area contributed by atoms with E-state index in [1.807, 2.05) is 24.3 Å². The SMILES string of the molecule is COc1ccc(CNC(=O)CN2C(=O)CCCc3cc(S(=O)(=O)N4CCC(C)CC4)ccc32)cc1. The van der Waals surface area contributed by atoms with Crippen molar-refractivity contribution in [2.24, 2.45) is 5.92 Å². The zero-order valence-electron chi connectivity index (χ0n) is 20.3. The molecule has 1 fully saturated rings. The van der Waals surface area contributed by atoms with E-state index in [9.17, 15) is 18.0 Å². The molecule has 0 bridgehead atoms. The number of rotatable bonds is 7. The predicted octanol–water partition coefficient (Wildman–Crippen LogP) is 3.10. The van der Waals surface area contributed by atoms with Gasteiger partial charge in [-0.2, -0.15) is 4.31 Å². The number of ether oxygens (including phenoxy) is 1. The molecule has 0 atom stereocenters. The highest BCUT2D eigenvalue weighted by Crippen LogP contribution is 2.31. The molecule has 2 aliphatic heterocycles. The monoisotopic (exact) mass is 499 g/mol. The Bertz CT molecular complexity index is 1170. The van der Waals surface area contributed by atoms with Gasteiger partial charge in [-0.1, -0.05) is 19.1 Å². The number of benzene rings is 2. The van der Waals surface area contributed by atoms with E-state index in [1.165, 1.54) is 4.90 Å². The van der Waals surface area contributed by atoms with Crippen molar-refractivity contribution >= 4 is 27.5 Å². The topological polar surface area (TPSA) is 96.0 Å². The Hall–Kier alpha value is -2.91. The van der Waals surface area contributed by atoms with E-state index in [0.29, 0.717) is 50.5 Å². The Morgan fingerprint density at radius 2 is 1.80 bits per heavy atom. The van der Waals surface area contributed by atoms with Crippen molar-refractivity contribution in [3.05, 3.63) is 53.6 Å². The van der Waals surface area contributed by atoms with Gasteiger partial charge < -0.3 is 15.0 Å². The van der Waals surface area contributed by atoms with E-state index < -0.39 is 10.0 Å². The molecule has 0 aliphatic carbocycles. The van der Waals surface area contributed by atoms with Crippen LogP contribution in [0, 0.1) is 5.92 Å². The van der Waals surface area contributed by atoms with Gasteiger partial charge >= 0.3 is 0 Å². The van der Waals surface area contributed by atoms with E-state index in [2.05, 4.69) is 12.2 Å². The summed E-state index contributed by atoms with van der Waals surface area (Å²) in [4.78, 5) is 27.3. The normalized spacial score (nSPS) is 17.5. The fourth-order valence-corrected chi connectivity index (χ4v) is 6.10. The number of sulfonamides is 1. The third-order valence-corrected chi connectivity index (χ3v) is 8.71. The first-order valence-corrected chi connectivity index (χ1v) is 13.5. The summed E-state index contributed by atoms with van der Waals surface area (Å²) in [6.07, 6.45) is 3.23. The van der Waals surface area contributed by atoms with Crippen LogP contribution in [0.25, 0.3) is 0 Å². The number of nitrogens with zero attached hydrogens (tertiary/aromatic N) is 2. The van der Waals surface area contributed by atoms with Gasteiger partial charge in [-0.3, -0.25) is 9.59 Å². The summed E-state index contributed by atoms with van der Waals surface area (Å²) in [6, 6.07) is 12.3. The number of nitrogens with one attached hydrogen (secondary N) is 1. The fourth-order valence-electron chi connectivity index (χ4n) is 4.58. The zero-order chi connectivity index (χ0) is 25.0. The van der Waals surface area contributed by atoms with Crippen LogP contribution in [0.2, 0.25) is 0 Å². The number of carbonyl (C=O) groups excluding carboxylic acids is 2. The minimum Gasteiger partial charge on any atom is -0.497 e. The molecular weight excluding hydrogens is 466 g/mol. The maximum absolute atomic E-state index is 13.2. The van der Waals surface area contributed by atoms with Crippen molar-refractivity contribution in [1.29, 1.82) is 0 Å². The molecule has 1 saturated heterocycles. The Morgan fingerprint density at radius 1 is 1.09 bits per heavy atom. The van der Waals surface area contributed by atoms with Gasteiger partial charge in [0.15, 0.2) is 0 Å². The van der Waals surface area contributed by atoms with Crippen LogP contribution in [0.1, 0.15) is 43.7 Å². The number of carbonyl (C=O) groups is 2. The van der Waals surface area contributed by atoms with E-state index in [-0.39, 0.29) is 23.3 Å². The maximum Gasteiger partial charge on any atom is 0.243 e. The maximum atomic E-state index is 13.2. The Balaban J connectivity index is 1.48. The largest absolute Gasteiger partial charge is 0.497 e. The highest BCUT2D eigenvalue weighted by molar-refractivity contribution is 7.89. The number of aryl methyl sites for hydroxylation is 1. The molecule has 0 radical (unpaired) electrons. The summed E-state index contributed by atoms with van der Waals surface area (Å²) < 4.78 is 33.2. The lowest BCUT2D eigenvalue weighted by molar-refractivity contribution is -0.123. The average molecular weight is 500 g/mol. The van der Waals surface area contributed by atoms with E-state index in [4.69, 9.17) is 4.74 Å². The zero-order valence-corrected chi connectivity index (χ0v) is 21.1. The third kappa shape index (κ3) is 5.85.